The average molecular weight is 404 g/mol. The third kappa shape index (κ3) is 3.77. The van der Waals surface area contributed by atoms with Crippen LogP contribution < -0.4 is 10.2 Å². The fraction of sp³-hybridized carbons (Fsp3) is 0.300. The van der Waals surface area contributed by atoms with Gasteiger partial charge < -0.3 is 10.2 Å². The minimum atomic E-state index is -0.246. The zero-order valence-corrected chi connectivity index (χ0v) is 16.4. The average Bonchev–Trinajstić information content (AvgIpc) is 3.08. The predicted octanol–water partition coefficient (Wildman–Crippen LogP) is 5.25. The van der Waals surface area contributed by atoms with Crippen molar-refractivity contribution in [2.24, 2.45) is 5.92 Å². The Bertz CT molecular complexity index is 998. The number of rotatable bonds is 3. The lowest BCUT2D eigenvalue weighted by atomic mass is 9.96. The Morgan fingerprint density at radius 3 is 2.85 bits per heavy atom. The lowest BCUT2D eigenvalue weighted by molar-refractivity contribution is -0.120. The summed E-state index contributed by atoms with van der Waals surface area (Å²) < 4.78 is 14.2. The second-order valence-electron chi connectivity index (χ2n) is 6.77. The highest BCUT2D eigenvalue weighted by atomic mass is 35.5. The molecule has 2 heterocycles. The molecule has 7 heteroatoms. The van der Waals surface area contributed by atoms with Crippen molar-refractivity contribution < 1.29 is 9.18 Å². The van der Waals surface area contributed by atoms with Gasteiger partial charge in [-0.25, -0.2) is 9.37 Å². The van der Waals surface area contributed by atoms with Crippen LogP contribution in [-0.2, 0) is 4.79 Å². The number of aromatic nitrogens is 1. The van der Waals surface area contributed by atoms with Gasteiger partial charge >= 0.3 is 0 Å². The standard InChI is InChI=1S/C20H19ClFN3OS/c1-12-15(21)3-2-4-16(12)23-19(26)13-7-9-25(10-8-13)20-24-17-6-5-14(22)11-18(17)27-20/h2-6,11,13H,7-10H2,1H3,(H,23,26). The Balaban J connectivity index is 1.40. The van der Waals surface area contributed by atoms with Gasteiger partial charge in [0.2, 0.25) is 5.91 Å². The fourth-order valence-corrected chi connectivity index (χ4v) is 4.55. The molecule has 2 aromatic carbocycles. The zero-order valence-electron chi connectivity index (χ0n) is 14.8. The third-order valence-corrected chi connectivity index (χ3v) is 6.49. The fourth-order valence-electron chi connectivity index (χ4n) is 3.33. The van der Waals surface area contributed by atoms with Crippen molar-refractivity contribution in [1.29, 1.82) is 0 Å². The molecule has 0 atom stereocenters. The van der Waals surface area contributed by atoms with Crippen molar-refractivity contribution in [1.82, 2.24) is 4.98 Å². The van der Waals surface area contributed by atoms with E-state index >= 15 is 0 Å². The van der Waals surface area contributed by atoms with Crippen LogP contribution in [0.4, 0.5) is 15.2 Å². The first kappa shape index (κ1) is 18.2. The molecule has 0 unspecified atom stereocenters. The van der Waals surface area contributed by atoms with Gasteiger partial charge in [-0.3, -0.25) is 4.79 Å². The highest BCUT2D eigenvalue weighted by Gasteiger charge is 2.27. The number of carbonyl (C=O) groups is 1. The molecule has 0 bridgehead atoms. The maximum atomic E-state index is 13.4. The first-order valence-corrected chi connectivity index (χ1v) is 10.1. The van der Waals surface area contributed by atoms with E-state index in [4.69, 9.17) is 11.6 Å². The van der Waals surface area contributed by atoms with Crippen molar-refractivity contribution in [3.05, 3.63) is 52.8 Å². The molecule has 3 aromatic rings. The van der Waals surface area contributed by atoms with Gasteiger partial charge in [0.25, 0.3) is 0 Å². The number of amides is 1. The number of piperidine rings is 1. The molecule has 1 aromatic heterocycles. The number of hydrogen-bond acceptors (Lipinski definition) is 4. The Labute approximate surface area is 166 Å². The van der Waals surface area contributed by atoms with E-state index in [9.17, 15) is 9.18 Å². The molecule has 1 amide bonds. The second-order valence-corrected chi connectivity index (χ2v) is 8.19. The van der Waals surface area contributed by atoms with Crippen molar-refractivity contribution in [2.45, 2.75) is 19.8 Å². The number of hydrogen-bond donors (Lipinski definition) is 1. The van der Waals surface area contributed by atoms with Gasteiger partial charge in [0.1, 0.15) is 5.82 Å². The highest BCUT2D eigenvalue weighted by Crippen LogP contribution is 2.32. The van der Waals surface area contributed by atoms with E-state index in [0.29, 0.717) is 5.02 Å². The van der Waals surface area contributed by atoms with Gasteiger partial charge in [-0.05, 0) is 55.7 Å². The molecule has 0 spiro atoms. The number of anilines is 2. The van der Waals surface area contributed by atoms with Crippen LogP contribution in [0.25, 0.3) is 10.2 Å². The molecule has 0 saturated carbocycles. The predicted molar refractivity (Wildman–Crippen MR) is 109 cm³/mol. The van der Waals surface area contributed by atoms with E-state index < -0.39 is 0 Å². The molecule has 1 aliphatic rings. The summed E-state index contributed by atoms with van der Waals surface area (Å²) in [6, 6.07) is 10.2. The summed E-state index contributed by atoms with van der Waals surface area (Å²) in [5.74, 6) is -0.248. The first-order chi connectivity index (χ1) is 13.0. The monoisotopic (exact) mass is 403 g/mol. The number of carbonyl (C=O) groups excluding carboxylic acids is 1. The molecule has 1 aliphatic heterocycles. The molecule has 0 radical (unpaired) electrons. The van der Waals surface area contributed by atoms with Crippen LogP contribution in [0.1, 0.15) is 18.4 Å². The van der Waals surface area contributed by atoms with Gasteiger partial charge in [-0.1, -0.05) is 29.0 Å². The van der Waals surface area contributed by atoms with E-state index in [0.717, 1.165) is 52.5 Å². The molecular weight excluding hydrogens is 385 g/mol. The lowest BCUT2D eigenvalue weighted by Gasteiger charge is -2.31. The SMILES string of the molecule is Cc1c(Cl)cccc1NC(=O)C1CCN(c2nc3ccc(F)cc3s2)CC1. The van der Waals surface area contributed by atoms with E-state index in [-0.39, 0.29) is 17.6 Å². The minimum Gasteiger partial charge on any atom is -0.348 e. The van der Waals surface area contributed by atoms with Crippen LogP contribution in [0.15, 0.2) is 36.4 Å². The highest BCUT2D eigenvalue weighted by molar-refractivity contribution is 7.22. The van der Waals surface area contributed by atoms with Crippen LogP contribution in [0.3, 0.4) is 0 Å². The lowest BCUT2D eigenvalue weighted by Crippen LogP contribution is -2.38. The number of halogens is 2. The molecule has 4 rings (SSSR count). The normalized spacial score (nSPS) is 15.3. The van der Waals surface area contributed by atoms with Gasteiger partial charge in [0.15, 0.2) is 5.13 Å². The Hall–Kier alpha value is -2.18. The Morgan fingerprint density at radius 2 is 2.07 bits per heavy atom. The van der Waals surface area contributed by atoms with Crippen LogP contribution in [-0.4, -0.2) is 24.0 Å². The number of nitrogens with one attached hydrogen (secondary N) is 1. The molecule has 27 heavy (non-hydrogen) atoms. The molecule has 1 N–H and O–H groups in total. The maximum Gasteiger partial charge on any atom is 0.227 e. The van der Waals surface area contributed by atoms with E-state index in [2.05, 4.69) is 15.2 Å². The van der Waals surface area contributed by atoms with E-state index in [1.165, 1.54) is 23.5 Å². The van der Waals surface area contributed by atoms with Gasteiger partial charge in [-0.2, -0.15) is 0 Å². The summed E-state index contributed by atoms with van der Waals surface area (Å²) >= 11 is 7.62. The van der Waals surface area contributed by atoms with Gasteiger partial charge in [0, 0.05) is 29.7 Å². The third-order valence-electron chi connectivity index (χ3n) is 5.00. The molecular formula is C20H19ClFN3OS. The largest absolute Gasteiger partial charge is 0.348 e. The quantitative estimate of drug-likeness (QED) is 0.649. The molecule has 1 fully saturated rings. The van der Waals surface area contributed by atoms with Crippen LogP contribution in [0, 0.1) is 18.7 Å². The maximum absolute atomic E-state index is 13.4. The number of nitrogens with zero attached hydrogens (tertiary/aromatic N) is 2. The molecule has 4 nitrogen and oxygen atoms in total. The topological polar surface area (TPSA) is 45.2 Å². The summed E-state index contributed by atoms with van der Waals surface area (Å²) in [4.78, 5) is 19.4. The summed E-state index contributed by atoms with van der Waals surface area (Å²) in [5, 5.41) is 4.54. The van der Waals surface area contributed by atoms with E-state index in [1.807, 2.05) is 25.1 Å². The van der Waals surface area contributed by atoms with Crippen LogP contribution in [0.5, 0.6) is 0 Å². The minimum absolute atomic E-state index is 0.0337. The number of fused-ring (bicyclic) bond motifs is 1. The Kier molecular flexibility index (Phi) is 5.02. The van der Waals surface area contributed by atoms with Crippen molar-refractivity contribution in [3.8, 4) is 0 Å². The van der Waals surface area contributed by atoms with Crippen molar-refractivity contribution in [2.75, 3.05) is 23.3 Å². The summed E-state index contributed by atoms with van der Waals surface area (Å²) in [5.41, 5.74) is 2.46. The smallest absolute Gasteiger partial charge is 0.227 e. The first-order valence-electron chi connectivity index (χ1n) is 8.88. The number of thiazole rings is 1. The van der Waals surface area contributed by atoms with Crippen LogP contribution in [0.2, 0.25) is 5.02 Å². The second kappa shape index (κ2) is 7.44. The number of benzene rings is 2. The van der Waals surface area contributed by atoms with Crippen molar-refractivity contribution >= 4 is 49.9 Å². The van der Waals surface area contributed by atoms with Crippen LogP contribution >= 0.6 is 22.9 Å². The molecule has 140 valence electrons. The Morgan fingerprint density at radius 1 is 1.30 bits per heavy atom. The summed E-state index contributed by atoms with van der Waals surface area (Å²) in [6.07, 6.45) is 1.52. The zero-order chi connectivity index (χ0) is 19.0. The van der Waals surface area contributed by atoms with Gasteiger partial charge in [-0.15, -0.1) is 0 Å². The van der Waals surface area contributed by atoms with Crippen molar-refractivity contribution in [3.63, 3.8) is 0 Å². The summed E-state index contributed by atoms with van der Waals surface area (Å²) in [7, 11) is 0. The van der Waals surface area contributed by atoms with Gasteiger partial charge in [0.05, 0.1) is 10.2 Å². The van der Waals surface area contributed by atoms with E-state index in [1.54, 1.807) is 6.07 Å². The summed E-state index contributed by atoms with van der Waals surface area (Å²) in [6.45, 7) is 3.42. The molecule has 1 saturated heterocycles. The molecule has 0 aliphatic carbocycles.